The van der Waals surface area contributed by atoms with Gasteiger partial charge in [0.2, 0.25) is 0 Å². The zero-order valence-electron chi connectivity index (χ0n) is 19.2. The summed E-state index contributed by atoms with van der Waals surface area (Å²) in [6, 6.07) is 15.3. The summed E-state index contributed by atoms with van der Waals surface area (Å²) in [5.74, 6) is 1.33. The topological polar surface area (TPSA) is 16.1 Å². The van der Waals surface area contributed by atoms with E-state index in [4.69, 9.17) is 4.98 Å². The van der Waals surface area contributed by atoms with E-state index < -0.39 is 16.5 Å². The normalized spacial score (nSPS) is 12.4. The Morgan fingerprint density at radius 1 is 0.630 bits per heavy atom. The van der Waals surface area contributed by atoms with Crippen LogP contribution in [0.15, 0.2) is 24.4 Å². The average Bonchev–Trinajstić information content (AvgIpc) is 2.64. The molecule has 27 heavy (non-hydrogen) atoms. The third kappa shape index (κ3) is 6.18. The summed E-state index contributed by atoms with van der Waals surface area (Å²) < 4.78 is 3.15. The van der Waals surface area contributed by atoms with E-state index >= 15 is 0 Å². The van der Waals surface area contributed by atoms with Crippen LogP contribution in [-0.4, -0.2) is 21.5 Å². The van der Waals surface area contributed by atoms with Crippen LogP contribution in [0.3, 0.4) is 0 Å². The number of hydrogen-bond donors (Lipinski definition) is 0. The Morgan fingerprint density at radius 2 is 1.00 bits per heavy atom. The van der Waals surface area contributed by atoms with Crippen LogP contribution in [0.5, 0.6) is 0 Å². The predicted molar refractivity (Wildman–Crippen MR) is 129 cm³/mol. The molecule has 0 atom stereocenters. The van der Waals surface area contributed by atoms with Crippen LogP contribution >= 0.6 is 0 Å². The van der Waals surface area contributed by atoms with Gasteiger partial charge >= 0.3 is 0 Å². The standard InChI is InChI=1S/C23H46N2Si2/c1-7-17-26(18-8-2,19-9-3)25(23-15-13-14-16-24-23)27(20-10-4,21-11-5)22-12-6/h13-16H,7-12,17-22H2,1-6H3. The number of nitrogens with zero attached hydrogens (tertiary/aromatic N) is 2. The molecular formula is C23H46N2Si2. The molecule has 0 amide bonds. The number of rotatable bonds is 15. The largest absolute Gasteiger partial charge is 0.408 e. The molecule has 0 radical (unpaired) electrons. The van der Waals surface area contributed by atoms with E-state index in [1.165, 1.54) is 80.6 Å². The number of anilines is 1. The highest BCUT2D eigenvalue weighted by molar-refractivity contribution is 7.02. The molecule has 156 valence electrons. The molecule has 4 heteroatoms. The van der Waals surface area contributed by atoms with Crippen LogP contribution in [0.2, 0.25) is 36.3 Å². The summed E-state index contributed by atoms with van der Waals surface area (Å²) in [7, 11) is -3.16. The predicted octanol–water partition coefficient (Wildman–Crippen LogP) is 8.24. The first-order chi connectivity index (χ1) is 13.1. The SMILES string of the molecule is CCC[Si](CCC)(CCC)N(c1ccccn1)[Si](CCC)(CCC)CCC. The van der Waals surface area contributed by atoms with Crippen molar-refractivity contribution in [2.45, 2.75) is 116 Å². The highest BCUT2D eigenvalue weighted by atomic mass is 28.4. The van der Waals surface area contributed by atoms with Gasteiger partial charge in [0.15, 0.2) is 0 Å². The molecule has 1 heterocycles. The Balaban J connectivity index is 3.68. The van der Waals surface area contributed by atoms with E-state index in [0.29, 0.717) is 0 Å². The molecular weight excluding hydrogens is 360 g/mol. The lowest BCUT2D eigenvalue weighted by atomic mass is 10.5. The van der Waals surface area contributed by atoms with Crippen molar-refractivity contribution in [3.63, 3.8) is 0 Å². The van der Waals surface area contributed by atoms with Gasteiger partial charge in [-0.15, -0.1) is 0 Å². The van der Waals surface area contributed by atoms with Crippen LogP contribution in [-0.2, 0) is 0 Å². The molecule has 2 nitrogen and oxygen atoms in total. The summed E-state index contributed by atoms with van der Waals surface area (Å²) >= 11 is 0. The first-order valence-electron chi connectivity index (χ1n) is 11.8. The summed E-state index contributed by atoms with van der Waals surface area (Å²) in [5.41, 5.74) is 0. The third-order valence-electron chi connectivity index (χ3n) is 6.12. The fourth-order valence-corrected chi connectivity index (χ4v) is 21.4. The molecule has 0 aliphatic rings. The summed E-state index contributed by atoms with van der Waals surface area (Å²) in [6.45, 7) is 14.5. The maximum absolute atomic E-state index is 5.00. The molecule has 0 unspecified atom stereocenters. The van der Waals surface area contributed by atoms with Crippen molar-refractivity contribution in [2.75, 3.05) is 4.23 Å². The number of aromatic nitrogens is 1. The Kier molecular flexibility index (Phi) is 11.5. The van der Waals surface area contributed by atoms with Crippen molar-refractivity contribution in [3.8, 4) is 0 Å². The van der Waals surface area contributed by atoms with Crippen molar-refractivity contribution >= 4 is 22.3 Å². The highest BCUT2D eigenvalue weighted by Gasteiger charge is 2.49. The van der Waals surface area contributed by atoms with E-state index in [9.17, 15) is 0 Å². The van der Waals surface area contributed by atoms with Crippen molar-refractivity contribution in [2.24, 2.45) is 0 Å². The number of pyridine rings is 1. The molecule has 0 saturated heterocycles. The molecule has 1 rings (SSSR count). The van der Waals surface area contributed by atoms with Gasteiger partial charge in [-0.2, -0.15) is 0 Å². The van der Waals surface area contributed by atoms with E-state index in [1.807, 2.05) is 6.20 Å². The molecule has 0 bridgehead atoms. The van der Waals surface area contributed by atoms with Gasteiger partial charge in [-0.1, -0.05) is 86.1 Å². The van der Waals surface area contributed by atoms with Crippen LogP contribution in [0.1, 0.15) is 80.1 Å². The second-order valence-corrected chi connectivity index (χ2v) is 17.7. The molecule has 0 aromatic carbocycles. The number of hydrogen-bond acceptors (Lipinski definition) is 2. The Morgan fingerprint density at radius 3 is 1.26 bits per heavy atom. The zero-order valence-corrected chi connectivity index (χ0v) is 21.2. The molecule has 0 saturated carbocycles. The molecule has 1 aromatic rings. The van der Waals surface area contributed by atoms with Crippen molar-refractivity contribution < 1.29 is 0 Å². The zero-order chi connectivity index (χ0) is 20.2. The Bertz CT molecular complexity index is 432. The van der Waals surface area contributed by atoms with Gasteiger partial charge in [0.1, 0.15) is 22.3 Å². The maximum atomic E-state index is 5.00. The first-order valence-corrected chi connectivity index (χ1v) is 16.9. The van der Waals surface area contributed by atoms with Gasteiger partial charge in [-0.3, -0.25) is 0 Å². The van der Waals surface area contributed by atoms with E-state index in [2.05, 4.69) is 64.0 Å². The van der Waals surface area contributed by atoms with Crippen molar-refractivity contribution in [3.05, 3.63) is 24.4 Å². The summed E-state index contributed by atoms with van der Waals surface area (Å²) in [6.07, 6.45) is 9.98. The minimum atomic E-state index is -1.58. The van der Waals surface area contributed by atoms with E-state index in [-0.39, 0.29) is 0 Å². The van der Waals surface area contributed by atoms with Crippen molar-refractivity contribution in [1.82, 2.24) is 4.98 Å². The lowest BCUT2D eigenvalue weighted by Gasteiger charge is -2.55. The molecule has 0 aliphatic heterocycles. The quantitative estimate of drug-likeness (QED) is 0.273. The molecule has 1 aromatic heterocycles. The highest BCUT2D eigenvalue weighted by Crippen LogP contribution is 2.42. The van der Waals surface area contributed by atoms with Crippen LogP contribution in [0, 0.1) is 0 Å². The molecule has 0 aliphatic carbocycles. The monoisotopic (exact) mass is 406 g/mol. The van der Waals surface area contributed by atoms with Gasteiger partial charge < -0.3 is 4.23 Å². The van der Waals surface area contributed by atoms with Gasteiger partial charge in [-0.25, -0.2) is 4.98 Å². The lowest BCUT2D eigenvalue weighted by Crippen LogP contribution is -2.67. The molecule has 0 N–H and O–H groups in total. The lowest BCUT2D eigenvalue weighted by molar-refractivity contribution is 0.871. The van der Waals surface area contributed by atoms with Crippen molar-refractivity contribution in [1.29, 1.82) is 0 Å². The summed E-state index contributed by atoms with van der Waals surface area (Å²) in [4.78, 5) is 5.00. The van der Waals surface area contributed by atoms with Gasteiger partial charge in [0, 0.05) is 6.20 Å². The van der Waals surface area contributed by atoms with Gasteiger partial charge in [-0.05, 0) is 48.4 Å². The third-order valence-corrected chi connectivity index (χ3v) is 19.9. The van der Waals surface area contributed by atoms with Crippen LogP contribution in [0.25, 0.3) is 0 Å². The minimum absolute atomic E-state index is 1.32. The Labute approximate surface area is 172 Å². The molecule has 0 fully saturated rings. The fourth-order valence-electron chi connectivity index (χ4n) is 5.69. The second-order valence-electron chi connectivity index (χ2n) is 8.47. The van der Waals surface area contributed by atoms with E-state index in [0.717, 1.165) is 0 Å². The first kappa shape index (κ1) is 24.4. The maximum Gasteiger partial charge on any atom is 0.149 e. The second kappa shape index (κ2) is 12.8. The summed E-state index contributed by atoms with van der Waals surface area (Å²) in [5, 5.41) is 0. The minimum Gasteiger partial charge on any atom is -0.408 e. The van der Waals surface area contributed by atoms with Gasteiger partial charge in [0.05, 0.1) is 0 Å². The van der Waals surface area contributed by atoms with E-state index in [1.54, 1.807) is 0 Å². The Hall–Kier alpha value is -0.616. The molecule has 0 spiro atoms. The van der Waals surface area contributed by atoms with Crippen LogP contribution in [0.4, 0.5) is 5.82 Å². The van der Waals surface area contributed by atoms with Crippen LogP contribution < -0.4 is 4.23 Å². The smallest absolute Gasteiger partial charge is 0.149 e. The van der Waals surface area contributed by atoms with Gasteiger partial charge in [0.25, 0.3) is 0 Å². The fraction of sp³-hybridized carbons (Fsp3) is 0.783. The average molecular weight is 407 g/mol.